The van der Waals surface area contributed by atoms with Crippen molar-refractivity contribution in [2.75, 3.05) is 18.9 Å². The van der Waals surface area contributed by atoms with Crippen molar-refractivity contribution in [3.63, 3.8) is 0 Å². The number of aryl methyl sites for hydroxylation is 1. The molecule has 3 heterocycles. The van der Waals surface area contributed by atoms with Crippen LogP contribution < -0.4 is 10.9 Å². The van der Waals surface area contributed by atoms with Gasteiger partial charge in [0.2, 0.25) is 5.95 Å². The zero-order valence-electron chi connectivity index (χ0n) is 21.5. The van der Waals surface area contributed by atoms with E-state index in [0.29, 0.717) is 28.0 Å². The Morgan fingerprint density at radius 1 is 1.00 bits per heavy atom. The minimum Gasteiger partial charge on any atom is -0.379 e. The number of hydrogen-bond acceptors (Lipinski definition) is 6. The van der Waals surface area contributed by atoms with Crippen molar-refractivity contribution < 1.29 is 0 Å². The smallest absolute Gasteiger partial charge is 0.282 e. The molecule has 7 heteroatoms. The van der Waals surface area contributed by atoms with E-state index >= 15 is 0 Å². The second kappa shape index (κ2) is 8.52. The Bertz CT molecular complexity index is 1740. The number of hydrogen-bond donors (Lipinski definition) is 1. The number of rotatable bonds is 4. The first kappa shape index (κ1) is 22.7. The highest BCUT2D eigenvalue weighted by molar-refractivity contribution is 5.91. The fraction of sp³-hybridized carbons (Fsp3) is 0.226. The van der Waals surface area contributed by atoms with Crippen LogP contribution in [-0.4, -0.2) is 38.2 Å². The Hall–Kier alpha value is -4.52. The van der Waals surface area contributed by atoms with Crippen molar-refractivity contribution in [2.45, 2.75) is 26.2 Å². The van der Waals surface area contributed by atoms with E-state index in [0.717, 1.165) is 35.5 Å². The van der Waals surface area contributed by atoms with Crippen LogP contribution in [0.1, 0.15) is 24.8 Å². The largest absolute Gasteiger partial charge is 0.379 e. The number of aromatic nitrogens is 4. The molecular weight excluding hydrogens is 472 g/mol. The highest BCUT2D eigenvalue weighted by Gasteiger charge is 2.49. The number of nitrogens with zero attached hydrogens (tertiary/aromatic N) is 5. The third-order valence-corrected chi connectivity index (χ3v) is 7.83. The van der Waals surface area contributed by atoms with E-state index in [1.54, 1.807) is 6.20 Å². The lowest BCUT2D eigenvalue weighted by Gasteiger charge is -2.35. The SMILES string of the molecule is Cc1ccccc1-n1nc(-c2ccccc2)c2nc(NC3=CC=C4C(=CN(C)CC45CC5)C3)ncc2c1=O. The number of para-hydroxylation sites is 1. The molecule has 4 aromatic rings. The van der Waals surface area contributed by atoms with Gasteiger partial charge in [0.15, 0.2) is 0 Å². The van der Waals surface area contributed by atoms with E-state index in [1.807, 2.05) is 61.5 Å². The van der Waals surface area contributed by atoms with E-state index < -0.39 is 0 Å². The van der Waals surface area contributed by atoms with Gasteiger partial charge in [0.05, 0.1) is 11.1 Å². The van der Waals surface area contributed by atoms with E-state index in [1.165, 1.54) is 28.7 Å². The molecule has 0 radical (unpaired) electrons. The van der Waals surface area contributed by atoms with Crippen LogP contribution in [0.2, 0.25) is 0 Å². The molecule has 0 amide bonds. The van der Waals surface area contributed by atoms with Crippen LogP contribution in [0.25, 0.3) is 27.8 Å². The van der Waals surface area contributed by atoms with Crippen LogP contribution in [0, 0.1) is 12.3 Å². The van der Waals surface area contributed by atoms with E-state index in [4.69, 9.17) is 10.1 Å². The molecule has 7 rings (SSSR count). The van der Waals surface area contributed by atoms with Crippen LogP contribution >= 0.6 is 0 Å². The summed E-state index contributed by atoms with van der Waals surface area (Å²) in [5.41, 5.74) is 7.74. The molecule has 1 saturated carbocycles. The maximum atomic E-state index is 13.6. The van der Waals surface area contributed by atoms with E-state index in [-0.39, 0.29) is 5.56 Å². The van der Waals surface area contributed by atoms with Gasteiger partial charge in [0.25, 0.3) is 5.56 Å². The third-order valence-electron chi connectivity index (χ3n) is 7.83. The molecule has 0 saturated heterocycles. The molecule has 1 fully saturated rings. The summed E-state index contributed by atoms with van der Waals surface area (Å²) in [5.74, 6) is 0.457. The monoisotopic (exact) mass is 500 g/mol. The molecule has 1 N–H and O–H groups in total. The van der Waals surface area contributed by atoms with Crippen molar-refractivity contribution in [3.8, 4) is 16.9 Å². The Kier molecular flexibility index (Phi) is 5.08. The molecule has 188 valence electrons. The minimum absolute atomic E-state index is 0.241. The Balaban J connectivity index is 1.32. The summed E-state index contributed by atoms with van der Waals surface area (Å²) in [6.07, 6.45) is 11.6. The fourth-order valence-electron chi connectivity index (χ4n) is 5.81. The minimum atomic E-state index is -0.241. The predicted molar refractivity (Wildman–Crippen MR) is 150 cm³/mol. The van der Waals surface area contributed by atoms with Gasteiger partial charge >= 0.3 is 0 Å². The summed E-state index contributed by atoms with van der Waals surface area (Å²) in [6, 6.07) is 17.6. The summed E-state index contributed by atoms with van der Waals surface area (Å²) >= 11 is 0. The summed E-state index contributed by atoms with van der Waals surface area (Å²) < 4.78 is 1.46. The average molecular weight is 501 g/mol. The quantitative estimate of drug-likeness (QED) is 0.405. The van der Waals surface area contributed by atoms with Gasteiger partial charge in [-0.25, -0.2) is 9.97 Å². The average Bonchev–Trinajstić information content (AvgIpc) is 3.69. The van der Waals surface area contributed by atoms with Crippen molar-refractivity contribution in [2.24, 2.45) is 5.41 Å². The maximum absolute atomic E-state index is 13.6. The van der Waals surface area contributed by atoms with Gasteiger partial charge in [-0.3, -0.25) is 4.79 Å². The van der Waals surface area contributed by atoms with Crippen molar-refractivity contribution in [3.05, 3.63) is 112 Å². The van der Waals surface area contributed by atoms with Crippen molar-refractivity contribution in [1.82, 2.24) is 24.6 Å². The lowest BCUT2D eigenvalue weighted by Crippen LogP contribution is -2.31. The first-order valence-electron chi connectivity index (χ1n) is 13.0. The highest BCUT2D eigenvalue weighted by atomic mass is 16.1. The topological polar surface area (TPSA) is 75.9 Å². The molecule has 1 spiro atoms. The van der Waals surface area contributed by atoms with Crippen LogP contribution in [0.15, 0.2) is 101 Å². The zero-order chi connectivity index (χ0) is 25.9. The summed E-state index contributed by atoms with van der Waals surface area (Å²) in [4.78, 5) is 25.3. The number of benzene rings is 2. The third kappa shape index (κ3) is 3.74. The number of anilines is 1. The number of fused-ring (bicyclic) bond motifs is 3. The fourth-order valence-corrected chi connectivity index (χ4v) is 5.81. The maximum Gasteiger partial charge on any atom is 0.282 e. The molecule has 7 nitrogen and oxygen atoms in total. The molecule has 38 heavy (non-hydrogen) atoms. The first-order valence-corrected chi connectivity index (χ1v) is 13.0. The molecular formula is C31H28N6O. The summed E-state index contributed by atoms with van der Waals surface area (Å²) in [5, 5.41) is 8.67. The summed E-state index contributed by atoms with van der Waals surface area (Å²) in [6.45, 7) is 3.07. The van der Waals surface area contributed by atoms with Crippen LogP contribution in [0.3, 0.4) is 0 Å². The number of nitrogens with one attached hydrogen (secondary N) is 1. The molecule has 0 unspecified atom stereocenters. The molecule has 2 aromatic heterocycles. The number of allylic oxidation sites excluding steroid dienone is 3. The van der Waals surface area contributed by atoms with Crippen LogP contribution in [0.5, 0.6) is 0 Å². The van der Waals surface area contributed by atoms with Gasteiger partial charge in [-0.1, -0.05) is 54.6 Å². The molecule has 0 bridgehead atoms. The van der Waals surface area contributed by atoms with Gasteiger partial charge in [-0.05, 0) is 48.6 Å². The Morgan fingerprint density at radius 3 is 2.58 bits per heavy atom. The zero-order valence-corrected chi connectivity index (χ0v) is 21.5. The molecule has 2 aromatic carbocycles. The second-order valence-corrected chi connectivity index (χ2v) is 10.6. The molecule has 2 aliphatic carbocycles. The molecule has 1 aliphatic heterocycles. The lowest BCUT2D eigenvalue weighted by molar-refractivity contribution is 0.350. The first-order chi connectivity index (χ1) is 18.5. The van der Waals surface area contributed by atoms with Gasteiger partial charge < -0.3 is 10.2 Å². The predicted octanol–water partition coefficient (Wildman–Crippen LogP) is 5.39. The molecule has 0 atom stereocenters. The van der Waals surface area contributed by atoms with Gasteiger partial charge in [-0.2, -0.15) is 9.78 Å². The van der Waals surface area contributed by atoms with Crippen molar-refractivity contribution >= 4 is 16.9 Å². The van der Waals surface area contributed by atoms with Crippen LogP contribution in [0.4, 0.5) is 5.95 Å². The molecule has 3 aliphatic rings. The van der Waals surface area contributed by atoms with E-state index in [9.17, 15) is 4.79 Å². The highest BCUT2D eigenvalue weighted by Crippen LogP contribution is 2.57. The van der Waals surface area contributed by atoms with E-state index in [2.05, 4.69) is 40.6 Å². The van der Waals surface area contributed by atoms with Gasteiger partial charge in [0.1, 0.15) is 11.2 Å². The summed E-state index contributed by atoms with van der Waals surface area (Å²) in [7, 11) is 2.16. The Labute approximate surface area is 220 Å². The standard InChI is InChI=1S/C31H28N6O/c1-20-8-6-7-11-26(20)37-29(38)24-17-32-30(34-28(24)27(35-37)21-9-4-3-5-10-21)33-23-12-13-25-22(16-23)18-36(2)19-31(25)14-15-31/h3-13,17-18H,14-16,19H2,1-2H3,(H,32,33,34). The lowest BCUT2D eigenvalue weighted by atomic mass is 9.82. The normalized spacial score (nSPS) is 17.5. The Morgan fingerprint density at radius 2 is 1.79 bits per heavy atom. The van der Waals surface area contributed by atoms with Crippen LogP contribution in [-0.2, 0) is 0 Å². The second-order valence-electron chi connectivity index (χ2n) is 10.6. The van der Waals surface area contributed by atoms with Crippen molar-refractivity contribution in [1.29, 1.82) is 0 Å². The van der Waals surface area contributed by atoms with Gasteiger partial charge in [0, 0.05) is 49.1 Å². The van der Waals surface area contributed by atoms with Gasteiger partial charge in [-0.15, -0.1) is 0 Å².